The van der Waals surface area contributed by atoms with Crippen LogP contribution in [0.5, 0.6) is 0 Å². The Hall–Kier alpha value is -2.89. The number of benzene rings is 1. The molecule has 0 amide bonds. The van der Waals surface area contributed by atoms with Crippen LogP contribution in [0, 0.1) is 10.1 Å². The largest absolute Gasteiger partial charge is 0.350 e. The molecule has 0 fully saturated rings. The first-order valence-corrected chi connectivity index (χ1v) is 6.06. The number of hydrogen-bond acceptors (Lipinski definition) is 4. The van der Waals surface area contributed by atoms with Gasteiger partial charge < -0.3 is 9.88 Å². The predicted octanol–water partition coefficient (Wildman–Crippen LogP) is 3.23. The van der Waals surface area contributed by atoms with Gasteiger partial charge in [0.05, 0.1) is 11.0 Å². The molecule has 0 aliphatic carbocycles. The molecular formula is C14H12N4O2. The number of nitrogens with one attached hydrogen (secondary N) is 1. The Balaban J connectivity index is 1.94. The standard InChI is InChI=1S/C14H12N4O2/c1-17-7-5-10-2-3-11(8-13(10)17)16-14-9-12(18(19)20)4-6-15-14/h2-9H,1H3,(H,15,16). The first kappa shape index (κ1) is 12.2. The maximum atomic E-state index is 10.7. The van der Waals surface area contributed by atoms with E-state index in [-0.39, 0.29) is 5.69 Å². The second kappa shape index (κ2) is 4.65. The normalized spacial score (nSPS) is 10.7. The third-order valence-electron chi connectivity index (χ3n) is 3.11. The average Bonchev–Trinajstić information content (AvgIpc) is 2.81. The van der Waals surface area contributed by atoms with Crippen LogP contribution in [0.25, 0.3) is 10.9 Å². The van der Waals surface area contributed by atoms with Crippen LogP contribution in [0.1, 0.15) is 0 Å². The van der Waals surface area contributed by atoms with Crippen LogP contribution in [0.15, 0.2) is 48.8 Å². The summed E-state index contributed by atoms with van der Waals surface area (Å²) in [6.07, 6.45) is 3.40. The number of rotatable bonds is 3. The van der Waals surface area contributed by atoms with E-state index >= 15 is 0 Å². The van der Waals surface area contributed by atoms with Gasteiger partial charge in [-0.15, -0.1) is 0 Å². The van der Waals surface area contributed by atoms with Gasteiger partial charge >= 0.3 is 0 Å². The highest BCUT2D eigenvalue weighted by molar-refractivity contribution is 5.84. The molecule has 3 aromatic rings. The molecule has 0 aliphatic rings. The maximum Gasteiger partial charge on any atom is 0.274 e. The van der Waals surface area contributed by atoms with Crippen molar-refractivity contribution in [1.82, 2.24) is 9.55 Å². The van der Waals surface area contributed by atoms with Crippen LogP contribution in [0.3, 0.4) is 0 Å². The van der Waals surface area contributed by atoms with Gasteiger partial charge in [0, 0.05) is 36.7 Å². The Kier molecular flexibility index (Phi) is 2.83. The molecular weight excluding hydrogens is 256 g/mol. The molecule has 0 saturated heterocycles. The molecule has 0 spiro atoms. The second-order valence-electron chi connectivity index (χ2n) is 4.48. The quantitative estimate of drug-likeness (QED) is 0.584. The van der Waals surface area contributed by atoms with Gasteiger partial charge in [-0.25, -0.2) is 4.98 Å². The number of nitro groups is 1. The molecule has 1 aromatic carbocycles. The smallest absolute Gasteiger partial charge is 0.274 e. The van der Waals surface area contributed by atoms with Crippen LogP contribution in [0.4, 0.5) is 17.2 Å². The van der Waals surface area contributed by atoms with Crippen LogP contribution in [-0.4, -0.2) is 14.5 Å². The number of aryl methyl sites for hydroxylation is 1. The number of anilines is 2. The molecule has 2 aromatic heterocycles. The van der Waals surface area contributed by atoms with E-state index in [1.54, 1.807) is 0 Å². The van der Waals surface area contributed by atoms with Crippen LogP contribution in [-0.2, 0) is 7.05 Å². The topological polar surface area (TPSA) is 73.0 Å². The van der Waals surface area contributed by atoms with Gasteiger partial charge in [0.15, 0.2) is 0 Å². The average molecular weight is 268 g/mol. The van der Waals surface area contributed by atoms with Crippen molar-refractivity contribution in [1.29, 1.82) is 0 Å². The minimum Gasteiger partial charge on any atom is -0.350 e. The summed E-state index contributed by atoms with van der Waals surface area (Å²) in [4.78, 5) is 14.4. The number of aromatic nitrogens is 2. The van der Waals surface area contributed by atoms with Crippen LogP contribution in [0.2, 0.25) is 0 Å². The Labute approximate surface area is 114 Å². The van der Waals surface area contributed by atoms with Crippen molar-refractivity contribution in [2.75, 3.05) is 5.32 Å². The molecule has 2 heterocycles. The SMILES string of the molecule is Cn1ccc2ccc(Nc3cc([N+](=O)[O-])ccn3)cc21. The first-order valence-electron chi connectivity index (χ1n) is 6.06. The van der Waals surface area contributed by atoms with Gasteiger partial charge in [-0.2, -0.15) is 0 Å². The van der Waals surface area contributed by atoms with E-state index in [0.29, 0.717) is 5.82 Å². The third kappa shape index (κ3) is 2.18. The van der Waals surface area contributed by atoms with E-state index in [1.807, 2.05) is 42.1 Å². The Bertz CT molecular complexity index is 795. The number of pyridine rings is 1. The Morgan fingerprint density at radius 1 is 1.25 bits per heavy atom. The maximum absolute atomic E-state index is 10.7. The van der Waals surface area contributed by atoms with E-state index in [9.17, 15) is 10.1 Å². The first-order chi connectivity index (χ1) is 9.63. The summed E-state index contributed by atoms with van der Waals surface area (Å²) >= 11 is 0. The summed E-state index contributed by atoms with van der Waals surface area (Å²) in [6.45, 7) is 0. The van der Waals surface area contributed by atoms with E-state index < -0.39 is 4.92 Å². The van der Waals surface area contributed by atoms with E-state index in [2.05, 4.69) is 10.3 Å². The van der Waals surface area contributed by atoms with Crippen LogP contribution < -0.4 is 5.32 Å². The predicted molar refractivity (Wildman–Crippen MR) is 77.1 cm³/mol. The molecule has 3 rings (SSSR count). The summed E-state index contributed by atoms with van der Waals surface area (Å²) in [5.41, 5.74) is 1.94. The second-order valence-corrected chi connectivity index (χ2v) is 4.48. The fourth-order valence-electron chi connectivity index (χ4n) is 2.09. The Morgan fingerprint density at radius 3 is 2.90 bits per heavy atom. The molecule has 6 nitrogen and oxygen atoms in total. The molecule has 20 heavy (non-hydrogen) atoms. The molecule has 0 unspecified atom stereocenters. The lowest BCUT2D eigenvalue weighted by Crippen LogP contribution is -1.96. The van der Waals surface area contributed by atoms with Crippen molar-refractivity contribution >= 4 is 28.1 Å². The van der Waals surface area contributed by atoms with Crippen molar-refractivity contribution in [3.63, 3.8) is 0 Å². The summed E-state index contributed by atoms with van der Waals surface area (Å²) in [5.74, 6) is 0.452. The van der Waals surface area contributed by atoms with Crippen molar-refractivity contribution in [2.45, 2.75) is 0 Å². The molecule has 0 saturated carbocycles. The minimum atomic E-state index is -0.437. The zero-order valence-corrected chi connectivity index (χ0v) is 10.8. The molecule has 1 N–H and O–H groups in total. The van der Waals surface area contributed by atoms with Gasteiger partial charge in [-0.3, -0.25) is 10.1 Å². The van der Waals surface area contributed by atoms with Crippen molar-refractivity contribution in [3.8, 4) is 0 Å². The number of hydrogen-bond donors (Lipinski definition) is 1. The summed E-state index contributed by atoms with van der Waals surface area (Å²) in [5, 5.41) is 15.0. The fourth-order valence-corrected chi connectivity index (χ4v) is 2.09. The highest BCUT2D eigenvalue weighted by Gasteiger charge is 2.07. The zero-order valence-electron chi connectivity index (χ0n) is 10.8. The molecule has 100 valence electrons. The molecule has 0 bridgehead atoms. The number of fused-ring (bicyclic) bond motifs is 1. The van der Waals surface area contributed by atoms with Crippen LogP contribution >= 0.6 is 0 Å². The Morgan fingerprint density at radius 2 is 2.10 bits per heavy atom. The van der Waals surface area contributed by atoms with Crippen molar-refractivity contribution in [2.24, 2.45) is 7.05 Å². The highest BCUT2D eigenvalue weighted by Crippen LogP contribution is 2.23. The van der Waals surface area contributed by atoms with Gasteiger partial charge in [-0.05, 0) is 23.6 Å². The molecule has 0 aliphatic heterocycles. The minimum absolute atomic E-state index is 0.0162. The van der Waals surface area contributed by atoms with Gasteiger partial charge in [0.25, 0.3) is 5.69 Å². The summed E-state index contributed by atoms with van der Waals surface area (Å²) < 4.78 is 2.02. The lowest BCUT2D eigenvalue weighted by Gasteiger charge is -2.06. The molecule has 0 radical (unpaired) electrons. The van der Waals surface area contributed by atoms with Crippen molar-refractivity contribution < 1.29 is 4.92 Å². The van der Waals surface area contributed by atoms with Gasteiger partial charge in [0.1, 0.15) is 5.82 Å². The lowest BCUT2D eigenvalue weighted by molar-refractivity contribution is -0.384. The van der Waals surface area contributed by atoms with E-state index in [4.69, 9.17) is 0 Å². The van der Waals surface area contributed by atoms with Crippen molar-refractivity contribution in [3.05, 3.63) is 58.9 Å². The van der Waals surface area contributed by atoms with E-state index in [1.165, 1.54) is 18.3 Å². The fraction of sp³-hybridized carbons (Fsp3) is 0.0714. The molecule has 0 atom stereocenters. The van der Waals surface area contributed by atoms with Gasteiger partial charge in [-0.1, -0.05) is 6.07 Å². The summed E-state index contributed by atoms with van der Waals surface area (Å²) in [7, 11) is 1.97. The zero-order chi connectivity index (χ0) is 14.1. The van der Waals surface area contributed by atoms with Gasteiger partial charge in [0.2, 0.25) is 0 Å². The highest BCUT2D eigenvalue weighted by atomic mass is 16.6. The molecule has 6 heteroatoms. The lowest BCUT2D eigenvalue weighted by atomic mass is 10.2. The monoisotopic (exact) mass is 268 g/mol. The van der Waals surface area contributed by atoms with E-state index in [0.717, 1.165) is 16.6 Å². The summed E-state index contributed by atoms with van der Waals surface area (Å²) in [6, 6.07) is 10.7. The number of nitrogens with zero attached hydrogens (tertiary/aromatic N) is 3. The third-order valence-corrected chi connectivity index (χ3v) is 3.11.